The van der Waals surface area contributed by atoms with Crippen molar-refractivity contribution in [3.8, 4) is 11.5 Å². The molecule has 0 unspecified atom stereocenters. The number of rotatable bonds is 8. The molecule has 7 heteroatoms. The Morgan fingerprint density at radius 2 is 1.46 bits per heavy atom. The maximum Gasteiger partial charge on any atom is 0.130 e. The van der Waals surface area contributed by atoms with Crippen LogP contribution in [0.25, 0.3) is 0 Å². The maximum absolute atomic E-state index is 9.11. The van der Waals surface area contributed by atoms with Gasteiger partial charge in [0.2, 0.25) is 0 Å². The van der Waals surface area contributed by atoms with Crippen molar-refractivity contribution in [2.45, 2.75) is 20.8 Å². The molecule has 0 heterocycles. The molecule has 0 saturated heterocycles. The van der Waals surface area contributed by atoms with Gasteiger partial charge < -0.3 is 20.0 Å². The van der Waals surface area contributed by atoms with Gasteiger partial charge in [-0.15, -0.1) is 0 Å². The van der Waals surface area contributed by atoms with Crippen LogP contribution in [0.4, 0.5) is 11.4 Å². The Bertz CT molecular complexity index is 807. The molecule has 0 fully saturated rings. The second-order valence-corrected chi connectivity index (χ2v) is 8.07. The third-order valence-electron chi connectivity index (χ3n) is 3.85. The summed E-state index contributed by atoms with van der Waals surface area (Å²) >= 11 is 11.1. The molecule has 0 aliphatic rings. The summed E-state index contributed by atoms with van der Waals surface area (Å²) in [7, 11) is 0. The molecule has 28 heavy (non-hydrogen) atoms. The molecule has 2 aromatic carbocycles. The Kier molecular flexibility index (Phi) is 8.03. The first-order valence-corrected chi connectivity index (χ1v) is 9.49. The average Bonchev–Trinajstić information content (AvgIpc) is 2.63. The van der Waals surface area contributed by atoms with Crippen LogP contribution in [0.15, 0.2) is 64.3 Å². The number of benzene rings is 2. The fourth-order valence-electron chi connectivity index (χ4n) is 2.18. The number of ether oxygens (including phenoxy) is 2. The van der Waals surface area contributed by atoms with Crippen LogP contribution in [0.3, 0.4) is 0 Å². The van der Waals surface area contributed by atoms with Crippen molar-refractivity contribution in [3.63, 3.8) is 0 Å². The van der Waals surface area contributed by atoms with Crippen LogP contribution in [0.2, 0.25) is 0 Å². The summed E-state index contributed by atoms with van der Waals surface area (Å²) < 4.78 is 11.4. The van der Waals surface area contributed by atoms with Crippen molar-refractivity contribution in [3.05, 3.63) is 59.1 Å². The van der Waals surface area contributed by atoms with E-state index in [9.17, 15) is 0 Å². The van der Waals surface area contributed by atoms with E-state index in [1.807, 2.05) is 69.3 Å². The summed E-state index contributed by atoms with van der Waals surface area (Å²) in [6, 6.07) is 15.1. The van der Waals surface area contributed by atoms with Crippen molar-refractivity contribution in [2.24, 2.45) is 10.6 Å². The van der Waals surface area contributed by atoms with E-state index in [1.165, 1.54) is 0 Å². The third-order valence-corrected chi connectivity index (χ3v) is 4.16. The minimum atomic E-state index is -0.251. The van der Waals surface area contributed by atoms with Gasteiger partial charge in [-0.2, -0.15) is 0 Å². The summed E-state index contributed by atoms with van der Waals surface area (Å²) in [5, 5.41) is 15.8. The molecule has 0 spiro atoms. The summed E-state index contributed by atoms with van der Waals surface area (Å²) in [5.41, 5.74) is 2.18. The molecule has 2 rings (SSSR count). The number of hydrogen-bond acceptors (Lipinski definition) is 5. The number of nitrogens with zero attached hydrogens (tertiary/aromatic N) is 1. The first kappa shape index (κ1) is 21.9. The number of halogens is 2. The molecule has 5 nitrogen and oxygen atoms in total. The lowest BCUT2D eigenvalue weighted by Gasteiger charge is -2.20. The highest BCUT2D eigenvalue weighted by Gasteiger charge is 2.20. The highest BCUT2D eigenvalue weighted by atomic mass is 35.5. The Morgan fingerprint density at radius 1 is 0.964 bits per heavy atom. The Balaban J connectivity index is 1.89. The van der Waals surface area contributed by atoms with Crippen LogP contribution >= 0.6 is 23.2 Å². The van der Waals surface area contributed by atoms with Gasteiger partial charge in [0.15, 0.2) is 0 Å². The highest BCUT2D eigenvalue weighted by molar-refractivity contribution is 6.55. The van der Waals surface area contributed by atoms with Gasteiger partial charge in [0, 0.05) is 16.8 Å². The predicted octanol–water partition coefficient (Wildman–Crippen LogP) is 6.38. The first-order chi connectivity index (χ1) is 13.3. The van der Waals surface area contributed by atoms with E-state index >= 15 is 0 Å². The standard InChI is InChI=1S/C21H24Cl2N2O3/c1-21(2,3)19(25-26)14-28-18-10-6-16(7-11-18)24-15-4-8-17(9-5-15)27-13-12-20(22)23/h4-12,24,26H,13-14H2,1-3H3. The Hall–Kier alpha value is -2.37. The van der Waals surface area contributed by atoms with E-state index in [1.54, 1.807) is 6.08 Å². The van der Waals surface area contributed by atoms with Gasteiger partial charge in [0.1, 0.15) is 29.2 Å². The van der Waals surface area contributed by atoms with Crippen LogP contribution < -0.4 is 14.8 Å². The van der Waals surface area contributed by atoms with Crippen LogP contribution in [-0.2, 0) is 0 Å². The molecule has 2 N–H and O–H groups in total. The highest BCUT2D eigenvalue weighted by Crippen LogP contribution is 2.23. The quantitative estimate of drug-likeness (QED) is 0.294. The summed E-state index contributed by atoms with van der Waals surface area (Å²) in [4.78, 5) is 0. The first-order valence-electron chi connectivity index (χ1n) is 8.73. The fraction of sp³-hybridized carbons (Fsp3) is 0.286. The zero-order valence-electron chi connectivity index (χ0n) is 16.1. The molecule has 0 radical (unpaired) electrons. The minimum absolute atomic E-state index is 0.184. The van der Waals surface area contributed by atoms with Crippen LogP contribution in [0.1, 0.15) is 20.8 Å². The van der Waals surface area contributed by atoms with Gasteiger partial charge in [-0.1, -0.05) is 49.1 Å². The summed E-state index contributed by atoms with van der Waals surface area (Å²) in [6.07, 6.45) is 1.58. The van der Waals surface area contributed by atoms with E-state index in [0.29, 0.717) is 18.1 Å². The van der Waals surface area contributed by atoms with Crippen molar-refractivity contribution in [1.29, 1.82) is 0 Å². The number of anilines is 2. The third kappa shape index (κ3) is 7.33. The number of hydrogen-bond donors (Lipinski definition) is 2. The SMILES string of the molecule is CC(C)(C)C(COc1ccc(Nc2ccc(OCC=C(Cl)Cl)cc2)cc1)=NO. The largest absolute Gasteiger partial charge is 0.489 e. The zero-order valence-corrected chi connectivity index (χ0v) is 17.6. The molecular weight excluding hydrogens is 399 g/mol. The molecule has 150 valence electrons. The van der Waals surface area contributed by atoms with E-state index in [0.717, 1.165) is 17.1 Å². The average molecular weight is 423 g/mol. The lowest BCUT2D eigenvalue weighted by Crippen LogP contribution is -2.26. The molecule has 0 bridgehead atoms. The van der Waals surface area contributed by atoms with Gasteiger partial charge >= 0.3 is 0 Å². The number of nitrogens with one attached hydrogen (secondary N) is 1. The lowest BCUT2D eigenvalue weighted by atomic mass is 9.90. The topological polar surface area (TPSA) is 63.1 Å². The maximum atomic E-state index is 9.11. The molecule has 2 aromatic rings. The van der Waals surface area contributed by atoms with Crippen molar-refractivity contribution < 1.29 is 14.7 Å². The van der Waals surface area contributed by atoms with Crippen molar-refractivity contribution >= 4 is 40.3 Å². The van der Waals surface area contributed by atoms with Gasteiger partial charge in [-0.25, -0.2) is 0 Å². The van der Waals surface area contributed by atoms with Crippen LogP contribution in [0, 0.1) is 5.41 Å². The number of oxime groups is 1. The molecule has 0 aromatic heterocycles. The normalized spacial score (nSPS) is 11.7. The van der Waals surface area contributed by atoms with Crippen molar-refractivity contribution in [2.75, 3.05) is 18.5 Å². The second-order valence-electron chi connectivity index (χ2n) is 7.06. The predicted molar refractivity (Wildman–Crippen MR) is 116 cm³/mol. The van der Waals surface area contributed by atoms with Crippen LogP contribution in [0.5, 0.6) is 11.5 Å². The fourth-order valence-corrected chi connectivity index (χ4v) is 2.31. The van der Waals surface area contributed by atoms with E-state index < -0.39 is 0 Å². The monoisotopic (exact) mass is 422 g/mol. The molecule has 0 saturated carbocycles. The molecule has 0 aliphatic carbocycles. The van der Waals surface area contributed by atoms with E-state index in [-0.39, 0.29) is 16.5 Å². The van der Waals surface area contributed by atoms with Crippen LogP contribution in [-0.4, -0.2) is 24.1 Å². The van der Waals surface area contributed by atoms with Gasteiger partial charge in [0.05, 0.1) is 5.71 Å². The summed E-state index contributed by atoms with van der Waals surface area (Å²) in [6.45, 7) is 6.46. The molecule has 0 atom stereocenters. The Labute approximate surface area is 175 Å². The molecular formula is C21H24Cl2N2O3. The molecule has 0 aliphatic heterocycles. The molecule has 0 amide bonds. The smallest absolute Gasteiger partial charge is 0.130 e. The van der Waals surface area contributed by atoms with Gasteiger partial charge in [-0.05, 0) is 54.6 Å². The van der Waals surface area contributed by atoms with Gasteiger partial charge in [-0.3, -0.25) is 0 Å². The minimum Gasteiger partial charge on any atom is -0.489 e. The lowest BCUT2D eigenvalue weighted by molar-refractivity contribution is 0.293. The Morgan fingerprint density at radius 3 is 1.89 bits per heavy atom. The second kappa shape index (κ2) is 10.2. The van der Waals surface area contributed by atoms with Crippen molar-refractivity contribution in [1.82, 2.24) is 0 Å². The van der Waals surface area contributed by atoms with E-state index in [4.69, 9.17) is 37.9 Å². The van der Waals surface area contributed by atoms with E-state index in [2.05, 4.69) is 10.5 Å². The summed E-state index contributed by atoms with van der Waals surface area (Å²) in [5.74, 6) is 1.42. The van der Waals surface area contributed by atoms with Gasteiger partial charge in [0.25, 0.3) is 0 Å². The zero-order chi connectivity index (χ0) is 20.6.